The minimum atomic E-state index is -3.62. The molecule has 0 radical (unpaired) electrons. The Labute approximate surface area is 90.2 Å². The summed E-state index contributed by atoms with van der Waals surface area (Å²) in [6.07, 6.45) is 0. The van der Waals surface area contributed by atoms with E-state index in [2.05, 4.69) is 0 Å². The maximum absolute atomic E-state index is 11.0. The Hall–Kier alpha value is -0.620. The summed E-state index contributed by atoms with van der Waals surface area (Å²) in [5.41, 5.74) is 0. The van der Waals surface area contributed by atoms with Crippen molar-refractivity contribution >= 4 is 43.0 Å². The lowest BCUT2D eigenvalue weighted by Gasteiger charge is -1.96. The third-order valence-corrected chi connectivity index (χ3v) is 3.93. The van der Waals surface area contributed by atoms with Crippen molar-refractivity contribution in [2.24, 2.45) is 5.14 Å². The SMILES string of the molecule is NS(=O)(=O)c1ccc2cc(Cl)sc2c1. The highest BCUT2D eigenvalue weighted by Crippen LogP contribution is 2.30. The van der Waals surface area contributed by atoms with Gasteiger partial charge in [-0.05, 0) is 23.6 Å². The van der Waals surface area contributed by atoms with Crippen molar-refractivity contribution in [2.75, 3.05) is 0 Å². The molecule has 6 heteroatoms. The van der Waals surface area contributed by atoms with Gasteiger partial charge in [-0.2, -0.15) is 0 Å². The largest absolute Gasteiger partial charge is 0.238 e. The smallest absolute Gasteiger partial charge is 0.225 e. The minimum absolute atomic E-state index is 0.114. The molecule has 2 rings (SSSR count). The fourth-order valence-electron chi connectivity index (χ4n) is 1.16. The van der Waals surface area contributed by atoms with E-state index in [-0.39, 0.29) is 4.90 Å². The Morgan fingerprint density at radius 2 is 2.00 bits per heavy atom. The molecular weight excluding hydrogens is 242 g/mol. The summed E-state index contributed by atoms with van der Waals surface area (Å²) in [5, 5.41) is 5.92. The van der Waals surface area contributed by atoms with E-state index in [4.69, 9.17) is 16.7 Å². The molecule has 1 heterocycles. The number of primary sulfonamides is 1. The van der Waals surface area contributed by atoms with E-state index >= 15 is 0 Å². The van der Waals surface area contributed by atoms with Crippen LogP contribution in [0, 0.1) is 0 Å². The zero-order valence-electron chi connectivity index (χ0n) is 6.90. The molecule has 0 spiro atoms. The Balaban J connectivity index is 2.74. The highest BCUT2D eigenvalue weighted by Gasteiger charge is 2.09. The summed E-state index contributed by atoms with van der Waals surface area (Å²) < 4.78 is 23.5. The monoisotopic (exact) mass is 247 g/mol. The standard InChI is InChI=1S/C8H6ClNO2S2/c9-8-3-5-1-2-6(14(10,11)12)4-7(5)13-8/h1-4H,(H2,10,11,12). The van der Waals surface area contributed by atoms with Crippen LogP contribution in [0.4, 0.5) is 0 Å². The van der Waals surface area contributed by atoms with Crippen LogP contribution in [-0.4, -0.2) is 8.42 Å². The van der Waals surface area contributed by atoms with Gasteiger partial charge >= 0.3 is 0 Å². The number of hydrogen-bond acceptors (Lipinski definition) is 3. The van der Waals surface area contributed by atoms with Crippen LogP contribution in [0.5, 0.6) is 0 Å². The number of sulfonamides is 1. The van der Waals surface area contributed by atoms with E-state index in [1.165, 1.54) is 23.5 Å². The van der Waals surface area contributed by atoms with Gasteiger partial charge in [0.15, 0.2) is 0 Å². The van der Waals surface area contributed by atoms with E-state index in [1.54, 1.807) is 12.1 Å². The van der Waals surface area contributed by atoms with Crippen LogP contribution < -0.4 is 5.14 Å². The van der Waals surface area contributed by atoms with Crippen molar-refractivity contribution < 1.29 is 8.42 Å². The highest BCUT2D eigenvalue weighted by molar-refractivity contribution is 7.89. The molecule has 3 nitrogen and oxygen atoms in total. The summed E-state index contributed by atoms with van der Waals surface area (Å²) in [6.45, 7) is 0. The normalized spacial score (nSPS) is 12.1. The predicted octanol–water partition coefficient (Wildman–Crippen LogP) is 2.20. The Kier molecular flexibility index (Phi) is 2.27. The van der Waals surface area contributed by atoms with Crippen LogP contribution >= 0.6 is 22.9 Å². The van der Waals surface area contributed by atoms with Crippen LogP contribution in [0.3, 0.4) is 0 Å². The molecule has 0 saturated carbocycles. The fourth-order valence-corrected chi connectivity index (χ4v) is 2.96. The zero-order chi connectivity index (χ0) is 10.3. The molecular formula is C8H6ClNO2S2. The lowest BCUT2D eigenvalue weighted by atomic mass is 10.3. The summed E-state index contributed by atoms with van der Waals surface area (Å²) in [4.78, 5) is 0.114. The van der Waals surface area contributed by atoms with Gasteiger partial charge in [0.2, 0.25) is 10.0 Å². The Bertz CT molecular complexity index is 588. The van der Waals surface area contributed by atoms with Crippen LogP contribution in [0.15, 0.2) is 29.2 Å². The van der Waals surface area contributed by atoms with Gasteiger partial charge in [0.1, 0.15) is 0 Å². The summed E-state index contributed by atoms with van der Waals surface area (Å²) in [7, 11) is -3.62. The van der Waals surface area contributed by atoms with Gasteiger partial charge in [-0.15, -0.1) is 11.3 Å². The van der Waals surface area contributed by atoms with Crippen LogP contribution in [-0.2, 0) is 10.0 Å². The molecule has 0 amide bonds. The third kappa shape index (κ3) is 1.76. The summed E-state index contributed by atoms with van der Waals surface area (Å²) in [5.74, 6) is 0. The molecule has 0 aliphatic rings. The second kappa shape index (κ2) is 3.20. The van der Waals surface area contributed by atoms with Gasteiger partial charge in [0.25, 0.3) is 0 Å². The average molecular weight is 248 g/mol. The third-order valence-electron chi connectivity index (χ3n) is 1.79. The van der Waals surface area contributed by atoms with E-state index in [1.807, 2.05) is 0 Å². The van der Waals surface area contributed by atoms with Crippen molar-refractivity contribution in [1.29, 1.82) is 0 Å². The molecule has 14 heavy (non-hydrogen) atoms. The highest BCUT2D eigenvalue weighted by atomic mass is 35.5. The molecule has 0 atom stereocenters. The fraction of sp³-hybridized carbons (Fsp3) is 0. The van der Waals surface area contributed by atoms with Crippen molar-refractivity contribution in [3.63, 3.8) is 0 Å². The zero-order valence-corrected chi connectivity index (χ0v) is 9.29. The molecule has 0 bridgehead atoms. The van der Waals surface area contributed by atoms with E-state index < -0.39 is 10.0 Å². The first-order chi connectivity index (χ1) is 6.47. The van der Waals surface area contributed by atoms with Crippen molar-refractivity contribution in [1.82, 2.24) is 0 Å². The lowest BCUT2D eigenvalue weighted by Crippen LogP contribution is -2.11. The maximum Gasteiger partial charge on any atom is 0.238 e. The molecule has 0 unspecified atom stereocenters. The molecule has 0 aliphatic heterocycles. The molecule has 0 fully saturated rings. The second-order valence-corrected chi connectivity index (χ2v) is 6.07. The van der Waals surface area contributed by atoms with Gasteiger partial charge in [-0.3, -0.25) is 0 Å². The number of fused-ring (bicyclic) bond motifs is 1. The number of hydrogen-bond donors (Lipinski definition) is 1. The Morgan fingerprint density at radius 3 is 2.64 bits per heavy atom. The number of benzene rings is 1. The average Bonchev–Trinajstić information content (AvgIpc) is 2.41. The van der Waals surface area contributed by atoms with Gasteiger partial charge < -0.3 is 0 Å². The number of nitrogens with two attached hydrogens (primary N) is 1. The maximum atomic E-state index is 11.0. The Morgan fingerprint density at radius 1 is 1.29 bits per heavy atom. The summed E-state index contributed by atoms with van der Waals surface area (Å²) in [6, 6.07) is 6.48. The van der Waals surface area contributed by atoms with Crippen molar-refractivity contribution in [3.05, 3.63) is 28.6 Å². The molecule has 74 valence electrons. The van der Waals surface area contributed by atoms with Crippen LogP contribution in [0.2, 0.25) is 4.34 Å². The van der Waals surface area contributed by atoms with E-state index in [0.29, 0.717) is 4.34 Å². The van der Waals surface area contributed by atoms with Gasteiger partial charge in [0.05, 0.1) is 9.23 Å². The first-order valence-electron chi connectivity index (χ1n) is 3.69. The quantitative estimate of drug-likeness (QED) is 0.840. The first kappa shape index (κ1) is 9.92. The van der Waals surface area contributed by atoms with Crippen LogP contribution in [0.25, 0.3) is 10.1 Å². The molecule has 2 aromatic rings. The van der Waals surface area contributed by atoms with Gasteiger partial charge in [-0.1, -0.05) is 17.7 Å². The first-order valence-corrected chi connectivity index (χ1v) is 6.43. The molecule has 2 N–H and O–H groups in total. The van der Waals surface area contributed by atoms with Crippen LogP contribution in [0.1, 0.15) is 0 Å². The van der Waals surface area contributed by atoms with Crippen molar-refractivity contribution in [2.45, 2.75) is 4.90 Å². The lowest BCUT2D eigenvalue weighted by molar-refractivity contribution is 0.598. The topological polar surface area (TPSA) is 60.2 Å². The molecule has 0 aliphatic carbocycles. The molecule has 0 saturated heterocycles. The van der Waals surface area contributed by atoms with Gasteiger partial charge in [0, 0.05) is 4.70 Å². The number of rotatable bonds is 1. The predicted molar refractivity (Wildman–Crippen MR) is 58.2 cm³/mol. The van der Waals surface area contributed by atoms with Crippen molar-refractivity contribution in [3.8, 4) is 0 Å². The summed E-state index contributed by atoms with van der Waals surface area (Å²) >= 11 is 7.12. The molecule has 1 aromatic carbocycles. The van der Waals surface area contributed by atoms with E-state index in [0.717, 1.165) is 10.1 Å². The van der Waals surface area contributed by atoms with Gasteiger partial charge in [-0.25, -0.2) is 13.6 Å². The number of thiophene rings is 1. The second-order valence-electron chi connectivity index (χ2n) is 2.80. The van der Waals surface area contributed by atoms with E-state index in [9.17, 15) is 8.42 Å². The minimum Gasteiger partial charge on any atom is -0.225 e. The molecule has 1 aromatic heterocycles. The number of halogens is 1.